The third kappa shape index (κ3) is 5.05. The third-order valence-electron chi connectivity index (χ3n) is 4.01. The Labute approximate surface area is 168 Å². The Morgan fingerprint density at radius 2 is 1.76 bits per heavy atom. The van der Waals surface area contributed by atoms with Gasteiger partial charge < -0.3 is 29.8 Å². The SMILES string of the molecule is COc1cccc(Cc2nc(N)c(Oc3ccccc3OC)c(OCCO)n2)c1. The van der Waals surface area contributed by atoms with E-state index in [0.717, 1.165) is 11.3 Å². The summed E-state index contributed by atoms with van der Waals surface area (Å²) in [6.07, 6.45) is 0.422. The smallest absolute Gasteiger partial charge is 0.263 e. The van der Waals surface area contributed by atoms with Crippen molar-refractivity contribution in [2.24, 2.45) is 0 Å². The van der Waals surface area contributed by atoms with Crippen LogP contribution in [0.3, 0.4) is 0 Å². The quantitative estimate of drug-likeness (QED) is 0.567. The van der Waals surface area contributed by atoms with Crippen LogP contribution in [0.4, 0.5) is 5.82 Å². The maximum atomic E-state index is 9.15. The number of methoxy groups -OCH3 is 2. The summed E-state index contributed by atoms with van der Waals surface area (Å²) in [5, 5.41) is 9.15. The molecule has 0 spiro atoms. The molecule has 0 saturated heterocycles. The number of nitrogens with zero attached hydrogens (tertiary/aromatic N) is 2. The van der Waals surface area contributed by atoms with Gasteiger partial charge in [0.2, 0.25) is 5.75 Å². The highest BCUT2D eigenvalue weighted by atomic mass is 16.5. The van der Waals surface area contributed by atoms with Crippen LogP contribution in [0.2, 0.25) is 0 Å². The van der Waals surface area contributed by atoms with Crippen LogP contribution in [0, 0.1) is 0 Å². The van der Waals surface area contributed by atoms with Crippen LogP contribution >= 0.6 is 0 Å². The average molecular weight is 397 g/mol. The van der Waals surface area contributed by atoms with Crippen molar-refractivity contribution in [1.29, 1.82) is 0 Å². The van der Waals surface area contributed by atoms with Crippen LogP contribution in [0.5, 0.6) is 28.9 Å². The van der Waals surface area contributed by atoms with E-state index in [4.69, 9.17) is 29.8 Å². The lowest BCUT2D eigenvalue weighted by Gasteiger charge is -2.15. The molecule has 0 aliphatic rings. The summed E-state index contributed by atoms with van der Waals surface area (Å²) in [5.41, 5.74) is 7.11. The molecule has 8 heteroatoms. The molecule has 8 nitrogen and oxygen atoms in total. The first-order valence-electron chi connectivity index (χ1n) is 8.98. The molecule has 1 heterocycles. The van der Waals surface area contributed by atoms with Crippen molar-refractivity contribution in [1.82, 2.24) is 9.97 Å². The van der Waals surface area contributed by atoms with Crippen molar-refractivity contribution >= 4 is 5.82 Å². The molecular formula is C21H23N3O5. The number of aromatic nitrogens is 2. The Morgan fingerprint density at radius 3 is 2.48 bits per heavy atom. The lowest BCUT2D eigenvalue weighted by atomic mass is 10.1. The average Bonchev–Trinajstić information content (AvgIpc) is 2.74. The normalized spacial score (nSPS) is 10.4. The predicted octanol–water partition coefficient (Wildman–Crippen LogP) is 2.83. The van der Waals surface area contributed by atoms with E-state index in [1.807, 2.05) is 30.3 Å². The summed E-state index contributed by atoms with van der Waals surface area (Å²) >= 11 is 0. The molecule has 2 aromatic carbocycles. The summed E-state index contributed by atoms with van der Waals surface area (Å²) in [6.45, 7) is -0.138. The summed E-state index contributed by atoms with van der Waals surface area (Å²) in [4.78, 5) is 8.80. The van der Waals surface area contributed by atoms with E-state index in [-0.39, 0.29) is 30.7 Å². The second-order valence-corrected chi connectivity index (χ2v) is 6.01. The van der Waals surface area contributed by atoms with Gasteiger partial charge in [-0.1, -0.05) is 24.3 Å². The molecule has 0 amide bonds. The molecule has 3 aromatic rings. The molecule has 0 aliphatic carbocycles. The largest absolute Gasteiger partial charge is 0.497 e. The van der Waals surface area contributed by atoms with Crippen LogP contribution in [-0.2, 0) is 6.42 Å². The molecule has 29 heavy (non-hydrogen) atoms. The number of rotatable bonds is 9. The molecule has 0 bridgehead atoms. The lowest BCUT2D eigenvalue weighted by Crippen LogP contribution is -2.10. The number of aliphatic hydroxyl groups is 1. The molecule has 0 atom stereocenters. The minimum absolute atomic E-state index is 0.0390. The maximum Gasteiger partial charge on any atom is 0.263 e. The molecule has 3 N–H and O–H groups in total. The predicted molar refractivity (Wildman–Crippen MR) is 108 cm³/mol. The van der Waals surface area contributed by atoms with Crippen molar-refractivity contribution in [3.63, 3.8) is 0 Å². The zero-order valence-electron chi connectivity index (χ0n) is 16.3. The molecule has 0 fully saturated rings. The Hall–Kier alpha value is -3.52. The first-order valence-corrected chi connectivity index (χ1v) is 8.98. The van der Waals surface area contributed by atoms with Gasteiger partial charge in [0.15, 0.2) is 17.3 Å². The fourth-order valence-corrected chi connectivity index (χ4v) is 2.69. The van der Waals surface area contributed by atoms with E-state index < -0.39 is 0 Å². The first-order chi connectivity index (χ1) is 14.1. The van der Waals surface area contributed by atoms with E-state index in [1.165, 1.54) is 0 Å². The highest BCUT2D eigenvalue weighted by molar-refractivity contribution is 5.56. The fraction of sp³-hybridized carbons (Fsp3) is 0.238. The standard InChI is InChI=1S/C21H23N3O5/c1-26-15-7-5-6-14(12-15)13-18-23-20(22)19(21(24-18)28-11-10-25)29-17-9-4-3-8-16(17)27-2/h3-9,12,25H,10-11,13H2,1-2H3,(H2,22,23,24). The number of nitrogen functional groups attached to an aromatic ring is 1. The number of anilines is 1. The topological polar surface area (TPSA) is 109 Å². The summed E-state index contributed by atoms with van der Waals surface area (Å²) in [7, 11) is 3.15. The number of aliphatic hydroxyl groups excluding tert-OH is 1. The maximum absolute atomic E-state index is 9.15. The van der Waals surface area contributed by atoms with Gasteiger partial charge in [-0.2, -0.15) is 4.98 Å². The van der Waals surface area contributed by atoms with E-state index in [2.05, 4.69) is 9.97 Å². The van der Waals surface area contributed by atoms with Crippen molar-refractivity contribution in [2.45, 2.75) is 6.42 Å². The van der Waals surface area contributed by atoms with Crippen LogP contribution in [0.15, 0.2) is 48.5 Å². The third-order valence-corrected chi connectivity index (χ3v) is 4.01. The van der Waals surface area contributed by atoms with Crippen molar-refractivity contribution in [3.05, 3.63) is 59.9 Å². The van der Waals surface area contributed by atoms with Gasteiger partial charge in [0, 0.05) is 6.42 Å². The minimum Gasteiger partial charge on any atom is -0.497 e. The summed E-state index contributed by atoms with van der Waals surface area (Å²) in [6, 6.07) is 14.7. The lowest BCUT2D eigenvalue weighted by molar-refractivity contribution is 0.192. The number of para-hydroxylation sites is 2. The number of nitrogens with two attached hydrogens (primary N) is 1. The monoisotopic (exact) mass is 397 g/mol. The van der Waals surface area contributed by atoms with Gasteiger partial charge in [-0.05, 0) is 29.8 Å². The van der Waals surface area contributed by atoms with Gasteiger partial charge in [0.25, 0.3) is 5.88 Å². The fourth-order valence-electron chi connectivity index (χ4n) is 2.69. The second-order valence-electron chi connectivity index (χ2n) is 6.01. The van der Waals surface area contributed by atoms with Gasteiger partial charge in [0.05, 0.1) is 20.8 Å². The highest BCUT2D eigenvalue weighted by Crippen LogP contribution is 2.38. The Morgan fingerprint density at radius 1 is 0.966 bits per heavy atom. The zero-order chi connectivity index (χ0) is 20.6. The van der Waals surface area contributed by atoms with E-state index >= 15 is 0 Å². The number of benzene rings is 2. The van der Waals surface area contributed by atoms with Crippen LogP contribution < -0.4 is 24.7 Å². The van der Waals surface area contributed by atoms with E-state index in [1.54, 1.807) is 32.4 Å². The van der Waals surface area contributed by atoms with E-state index in [9.17, 15) is 0 Å². The molecule has 0 aliphatic heterocycles. The molecule has 3 rings (SSSR count). The van der Waals surface area contributed by atoms with Gasteiger partial charge in [0.1, 0.15) is 18.2 Å². The Balaban J connectivity index is 1.94. The van der Waals surface area contributed by atoms with Gasteiger partial charge >= 0.3 is 0 Å². The van der Waals surface area contributed by atoms with Crippen LogP contribution in [0.1, 0.15) is 11.4 Å². The van der Waals surface area contributed by atoms with Crippen LogP contribution in [-0.4, -0.2) is 42.5 Å². The number of ether oxygens (including phenoxy) is 4. The first kappa shape index (κ1) is 20.2. The number of hydrogen-bond acceptors (Lipinski definition) is 8. The van der Waals surface area contributed by atoms with Crippen molar-refractivity contribution < 1.29 is 24.1 Å². The molecule has 0 saturated carbocycles. The van der Waals surface area contributed by atoms with Crippen molar-refractivity contribution in [2.75, 3.05) is 33.2 Å². The molecule has 0 unspecified atom stereocenters. The van der Waals surface area contributed by atoms with Crippen LogP contribution in [0.25, 0.3) is 0 Å². The van der Waals surface area contributed by atoms with E-state index in [0.29, 0.717) is 23.7 Å². The Bertz CT molecular complexity index is 965. The van der Waals surface area contributed by atoms with Gasteiger partial charge in [-0.3, -0.25) is 0 Å². The minimum atomic E-state index is -0.177. The number of hydrogen-bond donors (Lipinski definition) is 2. The van der Waals surface area contributed by atoms with Crippen molar-refractivity contribution in [3.8, 4) is 28.9 Å². The zero-order valence-corrected chi connectivity index (χ0v) is 16.3. The van der Waals surface area contributed by atoms with Gasteiger partial charge in [-0.15, -0.1) is 0 Å². The summed E-state index contributed by atoms with van der Waals surface area (Å²) < 4.78 is 22.0. The van der Waals surface area contributed by atoms with Gasteiger partial charge in [-0.25, -0.2) is 4.98 Å². The Kier molecular flexibility index (Phi) is 6.70. The molecule has 1 aromatic heterocycles. The molecule has 0 radical (unpaired) electrons. The highest BCUT2D eigenvalue weighted by Gasteiger charge is 2.18. The summed E-state index contributed by atoms with van der Waals surface area (Å²) in [5.74, 6) is 2.60. The molecular weight excluding hydrogens is 374 g/mol. The second kappa shape index (κ2) is 9.61. The molecule has 152 valence electrons.